The molecule has 1 unspecified atom stereocenters. The number of aliphatic hydroxyl groups is 1. The van der Waals surface area contributed by atoms with Crippen molar-refractivity contribution in [2.45, 2.75) is 31.9 Å². The van der Waals surface area contributed by atoms with Gasteiger partial charge < -0.3 is 15.3 Å². The van der Waals surface area contributed by atoms with E-state index in [9.17, 15) is 14.3 Å². The van der Waals surface area contributed by atoms with Gasteiger partial charge >= 0.3 is 0 Å². The van der Waals surface area contributed by atoms with Crippen LogP contribution >= 0.6 is 0 Å². The second-order valence-corrected chi connectivity index (χ2v) is 5.23. The van der Waals surface area contributed by atoms with Gasteiger partial charge in [-0.1, -0.05) is 12.1 Å². The summed E-state index contributed by atoms with van der Waals surface area (Å²) in [4.78, 5) is 13.9. The number of likely N-dealkylation sites (tertiary alicyclic amines) is 1. The Balaban J connectivity index is 1.81. The molecular formula is C15H21FN2O2. The molecule has 0 radical (unpaired) electrons. The van der Waals surface area contributed by atoms with Crippen molar-refractivity contribution in [3.05, 3.63) is 35.6 Å². The van der Waals surface area contributed by atoms with Crippen molar-refractivity contribution in [3.8, 4) is 0 Å². The molecule has 110 valence electrons. The molecule has 1 saturated heterocycles. The van der Waals surface area contributed by atoms with Crippen LogP contribution in [-0.4, -0.2) is 41.6 Å². The Morgan fingerprint density at radius 2 is 1.95 bits per heavy atom. The van der Waals surface area contributed by atoms with Gasteiger partial charge in [0.15, 0.2) is 0 Å². The van der Waals surface area contributed by atoms with E-state index in [1.165, 1.54) is 12.1 Å². The van der Waals surface area contributed by atoms with Gasteiger partial charge in [0.2, 0.25) is 5.91 Å². The van der Waals surface area contributed by atoms with Gasteiger partial charge in [-0.05, 0) is 37.5 Å². The van der Waals surface area contributed by atoms with Crippen LogP contribution in [0.3, 0.4) is 0 Å². The highest BCUT2D eigenvalue weighted by Crippen LogP contribution is 2.13. The zero-order valence-corrected chi connectivity index (χ0v) is 11.7. The Kier molecular flexibility index (Phi) is 5.09. The summed E-state index contributed by atoms with van der Waals surface area (Å²) < 4.78 is 12.8. The summed E-state index contributed by atoms with van der Waals surface area (Å²) in [5, 5.41) is 13.0. The average Bonchev–Trinajstić information content (AvgIpc) is 2.98. The minimum atomic E-state index is -0.746. The third-order valence-electron chi connectivity index (χ3n) is 3.66. The number of aliphatic hydroxyl groups excluding tert-OH is 1. The Hall–Kier alpha value is -1.46. The molecule has 1 aliphatic heterocycles. The summed E-state index contributed by atoms with van der Waals surface area (Å²) in [5.74, 6) is -0.250. The normalized spacial score (nSPS) is 18.1. The summed E-state index contributed by atoms with van der Waals surface area (Å²) >= 11 is 0. The molecule has 4 nitrogen and oxygen atoms in total. The van der Waals surface area contributed by atoms with Crippen LogP contribution in [0, 0.1) is 5.82 Å². The van der Waals surface area contributed by atoms with Crippen molar-refractivity contribution >= 4 is 5.91 Å². The first-order valence-electron chi connectivity index (χ1n) is 7.03. The summed E-state index contributed by atoms with van der Waals surface area (Å²) in [7, 11) is 0. The van der Waals surface area contributed by atoms with Gasteiger partial charge in [-0.2, -0.15) is 0 Å². The van der Waals surface area contributed by atoms with Crippen LogP contribution in [0.1, 0.15) is 31.4 Å². The zero-order valence-electron chi connectivity index (χ0n) is 11.7. The Morgan fingerprint density at radius 3 is 2.55 bits per heavy atom. The summed E-state index contributed by atoms with van der Waals surface area (Å²) in [6, 6.07) is 5.42. The minimum Gasteiger partial charge on any atom is -0.387 e. The van der Waals surface area contributed by atoms with E-state index in [2.05, 4.69) is 5.32 Å². The van der Waals surface area contributed by atoms with Crippen molar-refractivity contribution < 1.29 is 14.3 Å². The van der Waals surface area contributed by atoms with Gasteiger partial charge in [0, 0.05) is 19.6 Å². The van der Waals surface area contributed by atoms with Crippen LogP contribution < -0.4 is 5.32 Å². The fraction of sp³-hybridized carbons (Fsp3) is 0.533. The number of nitrogens with zero attached hydrogens (tertiary/aromatic N) is 1. The molecule has 0 aromatic heterocycles. The Morgan fingerprint density at radius 1 is 1.35 bits per heavy atom. The minimum absolute atomic E-state index is 0.0776. The van der Waals surface area contributed by atoms with Gasteiger partial charge in [-0.3, -0.25) is 4.79 Å². The van der Waals surface area contributed by atoms with Gasteiger partial charge in [0.05, 0.1) is 12.1 Å². The zero-order chi connectivity index (χ0) is 14.5. The molecule has 2 rings (SSSR count). The number of rotatable bonds is 5. The number of carbonyl (C=O) groups is 1. The van der Waals surface area contributed by atoms with Gasteiger partial charge in [-0.15, -0.1) is 0 Å². The van der Waals surface area contributed by atoms with Crippen LogP contribution in [0.5, 0.6) is 0 Å². The van der Waals surface area contributed by atoms with Crippen molar-refractivity contribution in [2.24, 2.45) is 0 Å². The molecule has 5 heteroatoms. The summed E-state index contributed by atoms with van der Waals surface area (Å²) in [6.45, 7) is 3.72. The Bertz CT molecular complexity index is 444. The van der Waals surface area contributed by atoms with E-state index >= 15 is 0 Å². The maximum absolute atomic E-state index is 12.8. The number of hydrogen-bond donors (Lipinski definition) is 2. The molecule has 1 amide bonds. The maximum Gasteiger partial charge on any atom is 0.239 e. The molecule has 0 bridgehead atoms. The molecule has 1 aliphatic rings. The number of halogens is 1. The lowest BCUT2D eigenvalue weighted by Crippen LogP contribution is -2.44. The molecule has 1 aromatic carbocycles. The van der Waals surface area contributed by atoms with E-state index in [1.54, 1.807) is 19.1 Å². The quantitative estimate of drug-likeness (QED) is 0.858. The summed E-state index contributed by atoms with van der Waals surface area (Å²) in [6.07, 6.45) is 1.39. The molecular weight excluding hydrogens is 259 g/mol. The molecule has 20 heavy (non-hydrogen) atoms. The fourth-order valence-electron chi connectivity index (χ4n) is 2.39. The van der Waals surface area contributed by atoms with E-state index in [0.717, 1.165) is 25.9 Å². The third-order valence-corrected chi connectivity index (χ3v) is 3.66. The SMILES string of the molecule is C[C@H](NCC(O)c1ccc(F)cc1)C(=O)N1CCCC1. The molecule has 2 atom stereocenters. The molecule has 0 spiro atoms. The third kappa shape index (κ3) is 3.77. The molecule has 0 saturated carbocycles. The first kappa shape index (κ1) is 14.9. The lowest BCUT2D eigenvalue weighted by Gasteiger charge is -2.22. The van der Waals surface area contributed by atoms with Crippen LogP contribution in [-0.2, 0) is 4.79 Å². The standard InChI is InChI=1S/C15H21FN2O2/c1-11(15(20)18-8-2-3-9-18)17-10-14(19)12-4-6-13(16)7-5-12/h4-7,11,14,17,19H,2-3,8-10H2,1H3/t11-,14?/m0/s1. The molecule has 1 aromatic rings. The first-order valence-corrected chi connectivity index (χ1v) is 7.03. The van der Waals surface area contributed by atoms with Gasteiger partial charge in [0.25, 0.3) is 0 Å². The van der Waals surface area contributed by atoms with Gasteiger partial charge in [-0.25, -0.2) is 4.39 Å². The maximum atomic E-state index is 12.8. The van der Waals surface area contributed by atoms with Crippen molar-refractivity contribution in [1.82, 2.24) is 10.2 Å². The second kappa shape index (κ2) is 6.81. The number of carbonyl (C=O) groups excluding carboxylic acids is 1. The molecule has 1 heterocycles. The predicted octanol–water partition coefficient (Wildman–Crippen LogP) is 1.46. The largest absolute Gasteiger partial charge is 0.387 e. The van der Waals surface area contributed by atoms with Crippen molar-refractivity contribution in [1.29, 1.82) is 0 Å². The highest BCUT2D eigenvalue weighted by molar-refractivity contribution is 5.81. The molecule has 1 fully saturated rings. The second-order valence-electron chi connectivity index (χ2n) is 5.23. The predicted molar refractivity (Wildman–Crippen MR) is 74.6 cm³/mol. The molecule has 2 N–H and O–H groups in total. The summed E-state index contributed by atoms with van der Waals surface area (Å²) in [5.41, 5.74) is 0.639. The number of benzene rings is 1. The number of nitrogens with one attached hydrogen (secondary N) is 1. The smallest absolute Gasteiger partial charge is 0.239 e. The van der Waals surface area contributed by atoms with E-state index in [-0.39, 0.29) is 24.3 Å². The Labute approximate surface area is 118 Å². The highest BCUT2D eigenvalue weighted by Gasteiger charge is 2.23. The van der Waals surface area contributed by atoms with Crippen LogP contribution in [0.4, 0.5) is 4.39 Å². The number of amides is 1. The lowest BCUT2D eigenvalue weighted by molar-refractivity contribution is -0.132. The van der Waals surface area contributed by atoms with E-state index in [0.29, 0.717) is 5.56 Å². The average molecular weight is 280 g/mol. The van der Waals surface area contributed by atoms with E-state index < -0.39 is 6.10 Å². The van der Waals surface area contributed by atoms with Crippen molar-refractivity contribution in [2.75, 3.05) is 19.6 Å². The van der Waals surface area contributed by atoms with Crippen LogP contribution in [0.2, 0.25) is 0 Å². The van der Waals surface area contributed by atoms with Gasteiger partial charge in [0.1, 0.15) is 5.82 Å². The topological polar surface area (TPSA) is 52.6 Å². The molecule has 0 aliphatic carbocycles. The highest BCUT2D eigenvalue weighted by atomic mass is 19.1. The lowest BCUT2D eigenvalue weighted by atomic mass is 10.1. The van der Waals surface area contributed by atoms with Crippen molar-refractivity contribution in [3.63, 3.8) is 0 Å². The first-order chi connectivity index (χ1) is 9.58. The number of hydrogen-bond acceptors (Lipinski definition) is 3. The fourth-order valence-corrected chi connectivity index (χ4v) is 2.39. The van der Waals surface area contributed by atoms with E-state index in [4.69, 9.17) is 0 Å². The monoisotopic (exact) mass is 280 g/mol. The van der Waals surface area contributed by atoms with E-state index in [1.807, 2.05) is 4.90 Å². The van der Waals surface area contributed by atoms with Crippen LogP contribution in [0.15, 0.2) is 24.3 Å². The van der Waals surface area contributed by atoms with Crippen LogP contribution in [0.25, 0.3) is 0 Å².